The maximum Gasteiger partial charge on any atom is 0.229 e. The fraction of sp³-hybridized carbons (Fsp3) is 0.444. The van der Waals surface area contributed by atoms with Crippen LogP contribution in [0.3, 0.4) is 0 Å². The van der Waals surface area contributed by atoms with E-state index in [4.69, 9.17) is 15.0 Å². The fourth-order valence-corrected chi connectivity index (χ4v) is 1.53. The number of hydrogen-bond acceptors (Lipinski definition) is 4. The van der Waals surface area contributed by atoms with Crippen molar-refractivity contribution in [2.75, 3.05) is 18.9 Å². The van der Waals surface area contributed by atoms with Gasteiger partial charge in [0.15, 0.2) is 0 Å². The molecule has 0 fully saturated rings. The lowest BCUT2D eigenvalue weighted by molar-refractivity contribution is 0.161. The molecule has 1 aromatic rings. The molecule has 2 rings (SSSR count). The summed E-state index contributed by atoms with van der Waals surface area (Å²) in [5.41, 5.74) is 8.64. The third kappa shape index (κ3) is 1.45. The molecular weight excluding hydrogens is 168 g/mol. The number of aryl methyl sites for hydroxylation is 1. The van der Waals surface area contributed by atoms with Crippen LogP contribution in [0.5, 0.6) is 0 Å². The lowest BCUT2D eigenvalue weighted by Gasteiger charge is -2.12. The Hall–Kier alpha value is -1.29. The Morgan fingerprint density at radius 3 is 2.92 bits per heavy atom. The van der Waals surface area contributed by atoms with E-state index < -0.39 is 0 Å². The Morgan fingerprint density at radius 1 is 1.54 bits per heavy atom. The molecule has 0 bridgehead atoms. The van der Waals surface area contributed by atoms with Crippen molar-refractivity contribution in [3.05, 3.63) is 17.3 Å². The van der Waals surface area contributed by atoms with Crippen LogP contribution >= 0.6 is 0 Å². The summed E-state index contributed by atoms with van der Waals surface area (Å²) in [5, 5.41) is 3.81. The molecule has 0 atom stereocenters. The maximum absolute atomic E-state index is 5.66. The van der Waals surface area contributed by atoms with Crippen LogP contribution < -0.4 is 5.73 Å². The van der Waals surface area contributed by atoms with Gasteiger partial charge in [0.2, 0.25) is 5.88 Å². The number of anilines is 1. The van der Waals surface area contributed by atoms with Gasteiger partial charge in [-0.25, -0.2) is 0 Å². The van der Waals surface area contributed by atoms with Gasteiger partial charge in [-0.15, -0.1) is 0 Å². The smallest absolute Gasteiger partial charge is 0.229 e. The lowest BCUT2D eigenvalue weighted by Crippen LogP contribution is -2.05. The summed E-state index contributed by atoms with van der Waals surface area (Å²) in [6.07, 6.45) is 2.91. The maximum atomic E-state index is 5.66. The summed E-state index contributed by atoms with van der Waals surface area (Å²) < 4.78 is 10.1. The summed E-state index contributed by atoms with van der Waals surface area (Å²) in [6, 6.07) is 0. The topological polar surface area (TPSA) is 61.3 Å². The second-order valence-electron chi connectivity index (χ2n) is 3.06. The number of hydrogen-bond donors (Lipinski definition) is 1. The predicted octanol–water partition coefficient (Wildman–Crippen LogP) is 1.37. The van der Waals surface area contributed by atoms with Crippen molar-refractivity contribution >= 4 is 11.5 Å². The average molecular weight is 180 g/mol. The van der Waals surface area contributed by atoms with Crippen LogP contribution in [0, 0.1) is 6.92 Å². The Bertz CT molecular complexity index is 322. The van der Waals surface area contributed by atoms with E-state index in [0.717, 1.165) is 24.3 Å². The van der Waals surface area contributed by atoms with Crippen molar-refractivity contribution in [3.8, 4) is 0 Å². The molecule has 1 aliphatic rings. The van der Waals surface area contributed by atoms with E-state index in [0.29, 0.717) is 12.5 Å². The van der Waals surface area contributed by atoms with E-state index in [1.165, 1.54) is 5.57 Å². The van der Waals surface area contributed by atoms with E-state index >= 15 is 0 Å². The Kier molecular flexibility index (Phi) is 2.06. The van der Waals surface area contributed by atoms with Crippen LogP contribution in [0.15, 0.2) is 10.6 Å². The zero-order valence-electron chi connectivity index (χ0n) is 7.54. The van der Waals surface area contributed by atoms with Crippen LogP contribution in [-0.4, -0.2) is 18.4 Å². The molecule has 0 saturated carbocycles. The molecule has 0 aliphatic carbocycles. The minimum Gasteiger partial charge on any atom is -0.377 e. The second-order valence-corrected chi connectivity index (χ2v) is 3.06. The third-order valence-corrected chi connectivity index (χ3v) is 2.17. The highest BCUT2D eigenvalue weighted by Gasteiger charge is 2.16. The van der Waals surface area contributed by atoms with Crippen molar-refractivity contribution < 1.29 is 9.26 Å². The van der Waals surface area contributed by atoms with Crippen molar-refractivity contribution in [2.24, 2.45) is 0 Å². The number of nitrogens with zero attached hydrogens (tertiary/aromatic N) is 1. The molecule has 2 N–H and O–H groups in total. The van der Waals surface area contributed by atoms with Crippen molar-refractivity contribution in [1.82, 2.24) is 5.16 Å². The van der Waals surface area contributed by atoms with Gasteiger partial charge in [-0.1, -0.05) is 11.2 Å². The van der Waals surface area contributed by atoms with E-state index in [2.05, 4.69) is 5.16 Å². The molecule has 1 aromatic heterocycles. The van der Waals surface area contributed by atoms with Crippen LogP contribution in [-0.2, 0) is 4.74 Å². The van der Waals surface area contributed by atoms with Gasteiger partial charge in [0.05, 0.1) is 24.5 Å². The predicted molar refractivity (Wildman–Crippen MR) is 49.1 cm³/mol. The molecule has 0 saturated heterocycles. The Balaban J connectivity index is 2.38. The number of ether oxygens (including phenoxy) is 1. The van der Waals surface area contributed by atoms with Gasteiger partial charge in [0.25, 0.3) is 0 Å². The van der Waals surface area contributed by atoms with E-state index in [-0.39, 0.29) is 0 Å². The molecule has 13 heavy (non-hydrogen) atoms. The van der Waals surface area contributed by atoms with E-state index in [1.54, 1.807) is 0 Å². The summed E-state index contributed by atoms with van der Waals surface area (Å²) in [4.78, 5) is 0. The summed E-state index contributed by atoms with van der Waals surface area (Å²) >= 11 is 0. The second kappa shape index (κ2) is 3.22. The van der Waals surface area contributed by atoms with Crippen molar-refractivity contribution in [3.63, 3.8) is 0 Å². The molecular formula is C9H12N2O2. The van der Waals surface area contributed by atoms with Gasteiger partial charge in [-0.2, -0.15) is 0 Å². The molecule has 0 radical (unpaired) electrons. The zero-order valence-corrected chi connectivity index (χ0v) is 7.54. The minimum absolute atomic E-state index is 0.408. The quantitative estimate of drug-likeness (QED) is 0.709. The molecule has 0 unspecified atom stereocenters. The van der Waals surface area contributed by atoms with Crippen LogP contribution in [0.1, 0.15) is 17.7 Å². The van der Waals surface area contributed by atoms with Crippen molar-refractivity contribution in [2.45, 2.75) is 13.3 Å². The minimum atomic E-state index is 0.408. The lowest BCUT2D eigenvalue weighted by atomic mass is 10.0. The molecule has 4 heteroatoms. The number of nitrogen functional groups attached to an aromatic ring is 1. The van der Waals surface area contributed by atoms with Gasteiger partial charge < -0.3 is 15.0 Å². The molecule has 4 nitrogen and oxygen atoms in total. The zero-order chi connectivity index (χ0) is 9.26. The number of nitrogens with two attached hydrogens (primary N) is 1. The normalized spacial score (nSPS) is 17.2. The molecule has 70 valence electrons. The van der Waals surface area contributed by atoms with Gasteiger partial charge in [-0.05, 0) is 18.9 Å². The largest absolute Gasteiger partial charge is 0.377 e. The number of aromatic nitrogens is 1. The van der Waals surface area contributed by atoms with Gasteiger partial charge >= 0.3 is 0 Å². The molecule has 2 heterocycles. The van der Waals surface area contributed by atoms with E-state index in [1.807, 2.05) is 13.0 Å². The first kappa shape index (κ1) is 8.31. The molecule has 0 amide bonds. The van der Waals surface area contributed by atoms with Crippen LogP contribution in [0.4, 0.5) is 5.88 Å². The van der Waals surface area contributed by atoms with Crippen LogP contribution in [0.2, 0.25) is 0 Å². The highest BCUT2D eigenvalue weighted by molar-refractivity contribution is 5.74. The van der Waals surface area contributed by atoms with Gasteiger partial charge in [0.1, 0.15) is 0 Å². The van der Waals surface area contributed by atoms with E-state index in [9.17, 15) is 0 Å². The number of rotatable bonds is 1. The SMILES string of the molecule is Cc1noc(N)c1C1=CCOCC1. The highest BCUT2D eigenvalue weighted by Crippen LogP contribution is 2.28. The standard InChI is InChI=1S/C9H12N2O2/c1-6-8(9(10)13-11-6)7-2-4-12-5-3-7/h2H,3-5,10H2,1H3. The molecule has 0 aromatic carbocycles. The first-order valence-electron chi connectivity index (χ1n) is 4.28. The highest BCUT2D eigenvalue weighted by atomic mass is 16.5. The first-order valence-corrected chi connectivity index (χ1v) is 4.28. The van der Waals surface area contributed by atoms with Gasteiger partial charge in [-0.3, -0.25) is 0 Å². The summed E-state index contributed by atoms with van der Waals surface area (Å²) in [6.45, 7) is 3.29. The Labute approximate surface area is 76.3 Å². The van der Waals surface area contributed by atoms with Gasteiger partial charge in [0, 0.05) is 0 Å². The molecule has 0 spiro atoms. The average Bonchev–Trinajstić information content (AvgIpc) is 2.48. The third-order valence-electron chi connectivity index (χ3n) is 2.17. The summed E-state index contributed by atoms with van der Waals surface area (Å²) in [5.74, 6) is 0.408. The first-order chi connectivity index (χ1) is 6.29. The Morgan fingerprint density at radius 2 is 2.38 bits per heavy atom. The van der Waals surface area contributed by atoms with Crippen LogP contribution in [0.25, 0.3) is 5.57 Å². The fourth-order valence-electron chi connectivity index (χ4n) is 1.53. The monoisotopic (exact) mass is 180 g/mol. The van der Waals surface area contributed by atoms with Crippen molar-refractivity contribution in [1.29, 1.82) is 0 Å². The molecule has 1 aliphatic heterocycles. The summed E-state index contributed by atoms with van der Waals surface area (Å²) in [7, 11) is 0.